The smallest absolute Gasteiger partial charge is 0.410 e. The van der Waals surface area contributed by atoms with Crippen LogP contribution in [0.1, 0.15) is 51.8 Å². The second-order valence-electron chi connectivity index (χ2n) is 11.3. The lowest BCUT2D eigenvalue weighted by molar-refractivity contribution is 0.0279. The maximum absolute atomic E-state index is 12.6. The fourth-order valence-corrected chi connectivity index (χ4v) is 4.72. The highest BCUT2D eigenvalue weighted by atomic mass is 16.6. The Balaban J connectivity index is 1.44. The molecule has 4 rings (SSSR count). The Morgan fingerprint density at radius 1 is 1.00 bits per heavy atom. The number of rotatable bonds is 11. The first-order chi connectivity index (χ1) is 19.3. The maximum Gasteiger partial charge on any atom is 0.410 e. The fraction of sp³-hybridized carbons (Fsp3) is 0.469. The summed E-state index contributed by atoms with van der Waals surface area (Å²) >= 11 is 0. The highest BCUT2D eigenvalue weighted by Gasteiger charge is 2.37. The topological polar surface area (TPSA) is 94.0 Å². The van der Waals surface area contributed by atoms with E-state index in [1.165, 1.54) is 0 Å². The van der Waals surface area contributed by atoms with Crippen LogP contribution in [0.4, 0.5) is 4.79 Å². The number of nitrogens with zero attached hydrogens (tertiary/aromatic N) is 3. The van der Waals surface area contributed by atoms with Crippen molar-refractivity contribution in [1.82, 2.24) is 15.1 Å². The third-order valence-electron chi connectivity index (χ3n) is 6.94. The molecular formula is C32H41N3O5. The van der Waals surface area contributed by atoms with Gasteiger partial charge in [0, 0.05) is 43.2 Å². The molecule has 1 aliphatic heterocycles. The van der Waals surface area contributed by atoms with Crippen molar-refractivity contribution in [2.24, 2.45) is 11.8 Å². The normalized spacial score (nSPS) is 17.1. The van der Waals surface area contributed by atoms with Gasteiger partial charge in [0.05, 0.1) is 12.3 Å². The quantitative estimate of drug-likeness (QED) is 0.318. The van der Waals surface area contributed by atoms with Gasteiger partial charge in [-0.2, -0.15) is 5.10 Å². The molecule has 0 bridgehead atoms. The van der Waals surface area contributed by atoms with Crippen molar-refractivity contribution in [3.8, 4) is 22.8 Å². The molecule has 8 nitrogen and oxygen atoms in total. The molecule has 0 aliphatic carbocycles. The molecule has 0 spiro atoms. The molecule has 2 aromatic carbocycles. The van der Waals surface area contributed by atoms with Crippen LogP contribution in [0.5, 0.6) is 11.6 Å². The lowest BCUT2D eigenvalue weighted by atomic mass is 9.98. The van der Waals surface area contributed by atoms with Crippen LogP contribution in [0.3, 0.4) is 0 Å². The average Bonchev–Trinajstić information content (AvgIpc) is 3.38. The molecule has 40 heavy (non-hydrogen) atoms. The van der Waals surface area contributed by atoms with Crippen LogP contribution in [0, 0.1) is 11.8 Å². The number of hydrogen-bond acceptors (Lipinski definition) is 7. The van der Waals surface area contributed by atoms with Gasteiger partial charge in [-0.3, -0.25) is 0 Å². The summed E-state index contributed by atoms with van der Waals surface area (Å²) in [6.45, 7) is 9.38. The first-order valence-corrected chi connectivity index (χ1v) is 14.1. The Morgan fingerprint density at radius 3 is 2.40 bits per heavy atom. The molecule has 1 N–H and O–H groups in total. The first-order valence-electron chi connectivity index (χ1n) is 14.1. The van der Waals surface area contributed by atoms with Crippen molar-refractivity contribution < 1.29 is 24.1 Å². The number of amides is 1. The SMILES string of the molecule is CCCCc1nnc(OCC2CN(C(=O)OC(C)(C)C)CC2CO)cc1-c1ccc(OCc2ccccc2)cc1. The van der Waals surface area contributed by atoms with Gasteiger partial charge in [-0.1, -0.05) is 55.8 Å². The molecule has 8 heteroatoms. The summed E-state index contributed by atoms with van der Waals surface area (Å²) in [4.78, 5) is 14.2. The standard InChI is InChI=1S/C32H41N3O5/c1-5-6-12-29-28(24-13-15-27(16-14-24)38-21-23-10-8-7-9-11-23)17-30(34-33-29)39-22-26-19-35(18-25(26)20-36)31(37)40-32(2,3)4/h7-11,13-17,25-26,36H,5-6,12,18-22H2,1-4H3. The van der Waals surface area contributed by atoms with Gasteiger partial charge in [0.25, 0.3) is 0 Å². The van der Waals surface area contributed by atoms with Crippen molar-refractivity contribution in [2.45, 2.75) is 59.2 Å². The zero-order valence-electron chi connectivity index (χ0n) is 24.0. The highest BCUT2D eigenvalue weighted by Crippen LogP contribution is 2.30. The minimum atomic E-state index is -0.571. The van der Waals surface area contributed by atoms with Crippen molar-refractivity contribution in [1.29, 1.82) is 0 Å². The van der Waals surface area contributed by atoms with Crippen molar-refractivity contribution in [3.05, 3.63) is 71.9 Å². The minimum Gasteiger partial charge on any atom is -0.489 e. The number of hydrogen-bond donors (Lipinski definition) is 1. The van der Waals surface area contributed by atoms with Crippen LogP contribution >= 0.6 is 0 Å². The van der Waals surface area contributed by atoms with E-state index >= 15 is 0 Å². The number of benzene rings is 2. The summed E-state index contributed by atoms with van der Waals surface area (Å²) in [5, 5.41) is 18.8. The average molecular weight is 548 g/mol. The van der Waals surface area contributed by atoms with Gasteiger partial charge in [-0.25, -0.2) is 4.79 Å². The number of carbonyl (C=O) groups is 1. The Morgan fingerprint density at radius 2 is 1.73 bits per heavy atom. The van der Waals surface area contributed by atoms with E-state index in [1.807, 2.05) is 81.4 Å². The second-order valence-corrected chi connectivity index (χ2v) is 11.3. The fourth-order valence-electron chi connectivity index (χ4n) is 4.72. The molecule has 2 unspecified atom stereocenters. The Bertz CT molecular complexity index is 1230. The Kier molecular flexibility index (Phi) is 9.98. The lowest BCUT2D eigenvalue weighted by Gasteiger charge is -2.24. The summed E-state index contributed by atoms with van der Waals surface area (Å²) in [6, 6.07) is 20.0. The zero-order valence-corrected chi connectivity index (χ0v) is 24.0. The van der Waals surface area contributed by atoms with Crippen LogP contribution < -0.4 is 9.47 Å². The van der Waals surface area contributed by atoms with E-state index < -0.39 is 5.60 Å². The molecule has 2 heterocycles. The maximum atomic E-state index is 12.6. The number of unbranched alkanes of at least 4 members (excludes halogenated alkanes) is 1. The van der Waals surface area contributed by atoms with E-state index in [1.54, 1.807) is 4.90 Å². The number of aryl methyl sites for hydroxylation is 1. The predicted molar refractivity (Wildman–Crippen MR) is 154 cm³/mol. The molecule has 1 aliphatic rings. The molecule has 3 aromatic rings. The number of aliphatic hydroxyl groups is 1. The molecule has 2 atom stereocenters. The van der Waals surface area contributed by atoms with Crippen molar-refractivity contribution in [3.63, 3.8) is 0 Å². The predicted octanol–water partition coefficient (Wildman–Crippen LogP) is 5.92. The number of carbonyl (C=O) groups excluding carboxylic acids is 1. The van der Waals surface area contributed by atoms with Crippen molar-refractivity contribution >= 4 is 6.09 Å². The molecule has 1 fully saturated rings. The molecular weight excluding hydrogens is 506 g/mol. The molecule has 1 saturated heterocycles. The number of ether oxygens (including phenoxy) is 3. The Hall–Kier alpha value is -3.65. The van der Waals surface area contributed by atoms with E-state index in [-0.39, 0.29) is 24.5 Å². The third kappa shape index (κ3) is 8.18. The summed E-state index contributed by atoms with van der Waals surface area (Å²) in [6.07, 6.45) is 2.53. The number of aromatic nitrogens is 2. The van der Waals surface area contributed by atoms with Gasteiger partial charge >= 0.3 is 6.09 Å². The van der Waals surface area contributed by atoms with Crippen LogP contribution in [0.25, 0.3) is 11.1 Å². The van der Waals surface area contributed by atoms with Crippen LogP contribution in [-0.4, -0.2) is 58.2 Å². The van der Waals surface area contributed by atoms with Crippen molar-refractivity contribution in [2.75, 3.05) is 26.3 Å². The summed E-state index contributed by atoms with van der Waals surface area (Å²) in [7, 11) is 0. The molecule has 0 saturated carbocycles. The number of likely N-dealkylation sites (tertiary alicyclic amines) is 1. The molecule has 0 radical (unpaired) electrons. The van der Waals surface area contributed by atoms with E-state index in [2.05, 4.69) is 17.1 Å². The molecule has 1 amide bonds. The monoisotopic (exact) mass is 547 g/mol. The summed E-state index contributed by atoms with van der Waals surface area (Å²) in [5.41, 5.74) is 3.47. The highest BCUT2D eigenvalue weighted by molar-refractivity contribution is 5.69. The van der Waals surface area contributed by atoms with E-state index in [0.29, 0.717) is 32.2 Å². The lowest BCUT2D eigenvalue weighted by Crippen LogP contribution is -2.35. The van der Waals surface area contributed by atoms with Crippen LogP contribution in [-0.2, 0) is 17.8 Å². The van der Waals surface area contributed by atoms with E-state index in [0.717, 1.165) is 47.4 Å². The van der Waals surface area contributed by atoms with E-state index in [4.69, 9.17) is 14.2 Å². The van der Waals surface area contributed by atoms with Gasteiger partial charge in [-0.15, -0.1) is 5.10 Å². The molecule has 1 aromatic heterocycles. The Labute approximate surface area is 237 Å². The third-order valence-corrected chi connectivity index (χ3v) is 6.94. The van der Waals surface area contributed by atoms with E-state index in [9.17, 15) is 9.90 Å². The summed E-state index contributed by atoms with van der Waals surface area (Å²) < 4.78 is 17.6. The van der Waals surface area contributed by atoms with Gasteiger partial charge in [0.2, 0.25) is 5.88 Å². The van der Waals surface area contributed by atoms with Gasteiger partial charge in [0.1, 0.15) is 18.0 Å². The van der Waals surface area contributed by atoms with Crippen LogP contribution in [0.15, 0.2) is 60.7 Å². The van der Waals surface area contributed by atoms with Gasteiger partial charge in [0.15, 0.2) is 0 Å². The summed E-state index contributed by atoms with van der Waals surface area (Å²) in [5.74, 6) is 1.09. The number of aliphatic hydroxyl groups excluding tert-OH is 1. The first kappa shape index (κ1) is 29.3. The largest absolute Gasteiger partial charge is 0.489 e. The molecule has 214 valence electrons. The zero-order chi connectivity index (χ0) is 28.5. The van der Waals surface area contributed by atoms with Crippen LogP contribution in [0.2, 0.25) is 0 Å². The van der Waals surface area contributed by atoms with Gasteiger partial charge < -0.3 is 24.2 Å². The second kappa shape index (κ2) is 13.6. The minimum absolute atomic E-state index is 0.0289. The van der Waals surface area contributed by atoms with Gasteiger partial charge in [-0.05, 0) is 56.9 Å².